The van der Waals surface area contributed by atoms with Gasteiger partial charge in [-0.1, -0.05) is 0 Å². The van der Waals surface area contributed by atoms with Gasteiger partial charge in [0.15, 0.2) is 0 Å². The standard InChI is InChI=1S/C12H12N4O3S2/c1-6-13-12(21-16-6)19-5-8-7(3-4-20-8)9-10(17)14-15-11(9)18-2/h3-4,9H,5H2,1-2H3,(H,14,17). The Hall–Kier alpha value is -2.00. The number of aromatic nitrogens is 2. The highest BCUT2D eigenvalue weighted by atomic mass is 32.1. The lowest BCUT2D eigenvalue weighted by molar-refractivity contribution is -0.120. The van der Waals surface area contributed by atoms with Gasteiger partial charge in [-0.05, 0) is 23.9 Å². The van der Waals surface area contributed by atoms with Gasteiger partial charge in [0.25, 0.3) is 11.1 Å². The zero-order valence-electron chi connectivity index (χ0n) is 11.3. The lowest BCUT2D eigenvalue weighted by Crippen LogP contribution is -2.22. The molecule has 2 aromatic heterocycles. The van der Waals surface area contributed by atoms with E-state index in [1.54, 1.807) is 0 Å². The number of nitrogens with zero attached hydrogens (tertiary/aromatic N) is 3. The molecule has 1 amide bonds. The van der Waals surface area contributed by atoms with Crippen LogP contribution < -0.4 is 10.2 Å². The van der Waals surface area contributed by atoms with Crippen molar-refractivity contribution in [3.05, 3.63) is 27.7 Å². The van der Waals surface area contributed by atoms with Gasteiger partial charge in [-0.15, -0.1) is 16.4 Å². The number of thiophene rings is 1. The van der Waals surface area contributed by atoms with E-state index in [1.165, 1.54) is 30.0 Å². The summed E-state index contributed by atoms with van der Waals surface area (Å²) in [6.07, 6.45) is 0. The summed E-state index contributed by atoms with van der Waals surface area (Å²) in [7, 11) is 1.50. The first kappa shape index (κ1) is 14.0. The highest BCUT2D eigenvalue weighted by molar-refractivity contribution is 7.10. The van der Waals surface area contributed by atoms with E-state index in [0.29, 0.717) is 23.5 Å². The maximum atomic E-state index is 11.9. The Morgan fingerprint density at radius 2 is 2.33 bits per heavy atom. The molecule has 1 atom stereocenters. The topological polar surface area (TPSA) is 85.7 Å². The molecule has 3 rings (SSSR count). The SMILES string of the molecule is COC1=NNC(=O)C1c1ccsc1COc1nc(C)ns1. The first-order chi connectivity index (χ1) is 10.2. The van der Waals surface area contributed by atoms with Crippen LogP contribution in [0.3, 0.4) is 0 Å². The Balaban J connectivity index is 1.77. The van der Waals surface area contributed by atoms with Gasteiger partial charge in [0.2, 0.25) is 5.90 Å². The van der Waals surface area contributed by atoms with Crippen LogP contribution in [0.1, 0.15) is 22.2 Å². The smallest absolute Gasteiger partial charge is 0.293 e. The van der Waals surface area contributed by atoms with E-state index in [-0.39, 0.29) is 5.91 Å². The number of amides is 1. The predicted molar refractivity (Wildman–Crippen MR) is 78.6 cm³/mol. The van der Waals surface area contributed by atoms with Gasteiger partial charge in [0, 0.05) is 16.4 Å². The van der Waals surface area contributed by atoms with Crippen molar-refractivity contribution in [2.75, 3.05) is 7.11 Å². The Labute approximate surface area is 128 Å². The number of nitrogens with one attached hydrogen (secondary N) is 1. The van der Waals surface area contributed by atoms with Gasteiger partial charge < -0.3 is 9.47 Å². The average Bonchev–Trinajstić information content (AvgIpc) is 3.16. The van der Waals surface area contributed by atoms with Gasteiger partial charge in [-0.25, -0.2) is 5.43 Å². The van der Waals surface area contributed by atoms with Crippen LogP contribution in [0.5, 0.6) is 5.19 Å². The van der Waals surface area contributed by atoms with Crippen molar-refractivity contribution in [1.82, 2.24) is 14.8 Å². The molecule has 0 saturated heterocycles. The van der Waals surface area contributed by atoms with E-state index in [4.69, 9.17) is 9.47 Å². The molecule has 21 heavy (non-hydrogen) atoms. The minimum absolute atomic E-state index is 0.196. The highest BCUT2D eigenvalue weighted by Crippen LogP contribution is 2.30. The van der Waals surface area contributed by atoms with Crippen LogP contribution in [0.4, 0.5) is 0 Å². The lowest BCUT2D eigenvalue weighted by atomic mass is 10.00. The molecule has 0 radical (unpaired) electrons. The number of ether oxygens (including phenoxy) is 2. The molecule has 0 spiro atoms. The molecule has 110 valence electrons. The van der Waals surface area contributed by atoms with Gasteiger partial charge in [0.05, 0.1) is 7.11 Å². The summed E-state index contributed by atoms with van der Waals surface area (Å²) < 4.78 is 14.8. The number of rotatable bonds is 4. The third-order valence-corrected chi connectivity index (χ3v) is 4.55. The Kier molecular flexibility index (Phi) is 3.84. The summed E-state index contributed by atoms with van der Waals surface area (Å²) in [6, 6.07) is 1.89. The second-order valence-electron chi connectivity index (χ2n) is 4.26. The van der Waals surface area contributed by atoms with Crippen molar-refractivity contribution < 1.29 is 14.3 Å². The summed E-state index contributed by atoms with van der Waals surface area (Å²) in [4.78, 5) is 17.0. The van der Waals surface area contributed by atoms with E-state index in [9.17, 15) is 4.79 Å². The fraction of sp³-hybridized carbons (Fsp3) is 0.333. The molecule has 0 fully saturated rings. The molecule has 0 aromatic carbocycles. The molecule has 0 aliphatic carbocycles. The number of carbonyl (C=O) groups excluding carboxylic acids is 1. The largest absolute Gasteiger partial charge is 0.482 e. The minimum atomic E-state index is -0.518. The van der Waals surface area contributed by atoms with Crippen LogP contribution in [-0.4, -0.2) is 28.3 Å². The number of carbonyl (C=O) groups is 1. The zero-order valence-corrected chi connectivity index (χ0v) is 13.0. The minimum Gasteiger partial charge on any atom is -0.482 e. The molecular weight excluding hydrogens is 312 g/mol. The third kappa shape index (κ3) is 2.74. The number of hydrogen-bond donors (Lipinski definition) is 1. The number of hydrazone groups is 1. The monoisotopic (exact) mass is 324 g/mol. The first-order valence-corrected chi connectivity index (χ1v) is 7.75. The van der Waals surface area contributed by atoms with Crippen LogP contribution >= 0.6 is 22.9 Å². The molecule has 9 heteroatoms. The maximum absolute atomic E-state index is 11.9. The van der Waals surface area contributed by atoms with E-state index in [1.807, 2.05) is 18.4 Å². The predicted octanol–water partition coefficient (Wildman–Crippen LogP) is 1.66. The zero-order chi connectivity index (χ0) is 14.8. The summed E-state index contributed by atoms with van der Waals surface area (Å²) in [5.74, 6) is 0.339. The average molecular weight is 324 g/mol. The van der Waals surface area contributed by atoms with Gasteiger partial charge in [-0.2, -0.15) is 9.36 Å². The summed E-state index contributed by atoms with van der Waals surface area (Å²) in [5.41, 5.74) is 3.28. The summed E-state index contributed by atoms with van der Waals surface area (Å²) >= 11 is 2.73. The van der Waals surface area contributed by atoms with Gasteiger partial charge >= 0.3 is 0 Å². The van der Waals surface area contributed by atoms with Gasteiger partial charge in [0.1, 0.15) is 18.3 Å². The Morgan fingerprint density at radius 1 is 1.48 bits per heavy atom. The molecule has 3 heterocycles. The van der Waals surface area contributed by atoms with Crippen molar-refractivity contribution in [2.24, 2.45) is 5.10 Å². The Bertz CT molecular complexity index is 694. The number of methoxy groups -OCH3 is 1. The van der Waals surface area contributed by atoms with Crippen molar-refractivity contribution in [3.63, 3.8) is 0 Å². The molecule has 1 unspecified atom stereocenters. The van der Waals surface area contributed by atoms with Crippen molar-refractivity contribution in [1.29, 1.82) is 0 Å². The van der Waals surface area contributed by atoms with E-state index >= 15 is 0 Å². The van der Waals surface area contributed by atoms with Crippen molar-refractivity contribution >= 4 is 34.7 Å². The van der Waals surface area contributed by atoms with Crippen molar-refractivity contribution in [2.45, 2.75) is 19.4 Å². The van der Waals surface area contributed by atoms with Crippen LogP contribution in [0.25, 0.3) is 0 Å². The third-order valence-electron chi connectivity index (χ3n) is 2.92. The van der Waals surface area contributed by atoms with E-state index < -0.39 is 5.92 Å². The molecule has 1 N–H and O–H groups in total. The van der Waals surface area contributed by atoms with Crippen molar-refractivity contribution in [3.8, 4) is 5.19 Å². The molecule has 2 aromatic rings. The number of aryl methyl sites for hydroxylation is 1. The summed E-state index contributed by atoms with van der Waals surface area (Å²) in [5, 5.41) is 6.31. The number of hydrogen-bond acceptors (Lipinski definition) is 8. The molecule has 1 aliphatic rings. The lowest BCUT2D eigenvalue weighted by Gasteiger charge is -2.10. The quantitative estimate of drug-likeness (QED) is 0.924. The van der Waals surface area contributed by atoms with Crippen LogP contribution in [-0.2, 0) is 16.1 Å². The summed E-state index contributed by atoms with van der Waals surface area (Å²) in [6.45, 7) is 2.15. The second-order valence-corrected chi connectivity index (χ2v) is 5.97. The maximum Gasteiger partial charge on any atom is 0.293 e. The van der Waals surface area contributed by atoms with E-state index in [2.05, 4.69) is 19.9 Å². The molecule has 0 bridgehead atoms. The van der Waals surface area contributed by atoms with Crippen LogP contribution in [0.15, 0.2) is 16.5 Å². The van der Waals surface area contributed by atoms with Crippen LogP contribution in [0, 0.1) is 6.92 Å². The highest BCUT2D eigenvalue weighted by Gasteiger charge is 2.35. The Morgan fingerprint density at radius 3 is 3.05 bits per heavy atom. The normalized spacial score (nSPS) is 17.5. The second kappa shape index (κ2) is 5.78. The molecule has 0 saturated carbocycles. The fourth-order valence-corrected chi connectivity index (χ4v) is 3.34. The fourth-order valence-electron chi connectivity index (χ4n) is 1.98. The first-order valence-electron chi connectivity index (χ1n) is 6.10. The van der Waals surface area contributed by atoms with Gasteiger partial charge in [-0.3, -0.25) is 4.79 Å². The van der Waals surface area contributed by atoms with E-state index in [0.717, 1.165) is 10.4 Å². The molecular formula is C12H12N4O3S2. The molecule has 1 aliphatic heterocycles. The molecule has 7 nitrogen and oxygen atoms in total. The van der Waals surface area contributed by atoms with Crippen LogP contribution in [0.2, 0.25) is 0 Å².